The van der Waals surface area contributed by atoms with Crippen LogP contribution >= 0.6 is 0 Å². The fourth-order valence-corrected chi connectivity index (χ4v) is 3.40. The number of ether oxygens (including phenoxy) is 4. The van der Waals surface area contributed by atoms with E-state index in [0.717, 1.165) is 28.3 Å². The first-order valence-corrected chi connectivity index (χ1v) is 8.79. The molecule has 2 aliphatic rings. The van der Waals surface area contributed by atoms with Gasteiger partial charge in [-0.3, -0.25) is 4.79 Å². The van der Waals surface area contributed by atoms with Gasteiger partial charge in [-0.25, -0.2) is 0 Å². The number of carbonyl (C=O) groups is 1. The topological polar surface area (TPSA) is 66.0 Å². The molecule has 4 rings (SSSR count). The highest BCUT2D eigenvalue weighted by atomic mass is 16.7. The van der Waals surface area contributed by atoms with Crippen molar-refractivity contribution in [2.24, 2.45) is 0 Å². The molecule has 1 amide bonds. The summed E-state index contributed by atoms with van der Waals surface area (Å²) in [5.41, 5.74) is 2.79. The van der Waals surface area contributed by atoms with Crippen LogP contribution in [0.3, 0.4) is 0 Å². The minimum Gasteiger partial charge on any atom is -0.491 e. The van der Waals surface area contributed by atoms with Gasteiger partial charge in [0.15, 0.2) is 11.5 Å². The van der Waals surface area contributed by atoms with Crippen molar-refractivity contribution in [1.29, 1.82) is 0 Å². The third-order valence-corrected chi connectivity index (χ3v) is 4.57. The van der Waals surface area contributed by atoms with E-state index in [-0.39, 0.29) is 18.6 Å². The minimum atomic E-state index is -0.0760. The molecular formula is C20H21NO5. The molecule has 0 spiro atoms. The molecule has 2 heterocycles. The summed E-state index contributed by atoms with van der Waals surface area (Å²) in [5.74, 6) is 2.07. The maximum Gasteiger partial charge on any atom is 0.231 e. The van der Waals surface area contributed by atoms with Crippen molar-refractivity contribution < 1.29 is 23.7 Å². The Kier molecular flexibility index (Phi) is 4.67. The summed E-state index contributed by atoms with van der Waals surface area (Å²) in [7, 11) is 0. The second-order valence-corrected chi connectivity index (χ2v) is 6.18. The molecule has 0 radical (unpaired) electrons. The van der Waals surface area contributed by atoms with E-state index in [1.807, 2.05) is 43.3 Å². The van der Waals surface area contributed by atoms with Crippen LogP contribution in [0, 0.1) is 0 Å². The van der Waals surface area contributed by atoms with Gasteiger partial charge in [0.1, 0.15) is 12.4 Å². The zero-order chi connectivity index (χ0) is 17.9. The van der Waals surface area contributed by atoms with Gasteiger partial charge in [-0.05, 0) is 24.6 Å². The van der Waals surface area contributed by atoms with Crippen LogP contribution in [0.4, 0.5) is 5.69 Å². The average molecular weight is 355 g/mol. The lowest BCUT2D eigenvalue weighted by Gasteiger charge is -2.27. The smallest absolute Gasteiger partial charge is 0.231 e. The lowest BCUT2D eigenvalue weighted by molar-refractivity contribution is -0.116. The van der Waals surface area contributed by atoms with E-state index >= 15 is 0 Å². The van der Waals surface area contributed by atoms with Gasteiger partial charge in [0.05, 0.1) is 6.61 Å². The highest BCUT2D eigenvalue weighted by Crippen LogP contribution is 2.46. The van der Waals surface area contributed by atoms with Gasteiger partial charge in [0, 0.05) is 36.3 Å². The van der Waals surface area contributed by atoms with Crippen molar-refractivity contribution >= 4 is 11.6 Å². The second-order valence-electron chi connectivity index (χ2n) is 6.18. The Balaban J connectivity index is 1.62. The number of carbonyl (C=O) groups excluding carboxylic acids is 1. The molecular weight excluding hydrogens is 334 g/mol. The highest BCUT2D eigenvalue weighted by Gasteiger charge is 2.31. The highest BCUT2D eigenvalue weighted by molar-refractivity contribution is 5.95. The van der Waals surface area contributed by atoms with Crippen LogP contribution in [0.25, 0.3) is 0 Å². The first-order valence-electron chi connectivity index (χ1n) is 8.79. The quantitative estimate of drug-likeness (QED) is 0.806. The molecule has 2 aromatic carbocycles. The van der Waals surface area contributed by atoms with Gasteiger partial charge in [-0.2, -0.15) is 0 Å². The zero-order valence-corrected chi connectivity index (χ0v) is 14.6. The molecule has 26 heavy (non-hydrogen) atoms. The van der Waals surface area contributed by atoms with Crippen molar-refractivity contribution in [3.8, 4) is 17.2 Å². The van der Waals surface area contributed by atoms with Gasteiger partial charge in [0.25, 0.3) is 0 Å². The van der Waals surface area contributed by atoms with Crippen LogP contribution < -0.4 is 19.5 Å². The minimum absolute atomic E-state index is 0.0227. The molecule has 0 fully saturated rings. The Bertz CT molecular complexity index is 820. The molecule has 6 nitrogen and oxygen atoms in total. The number of fused-ring (bicyclic) bond motifs is 2. The Morgan fingerprint density at radius 1 is 1.15 bits per heavy atom. The van der Waals surface area contributed by atoms with Crippen LogP contribution in [0.2, 0.25) is 0 Å². The van der Waals surface area contributed by atoms with Crippen molar-refractivity contribution in [3.63, 3.8) is 0 Å². The largest absolute Gasteiger partial charge is 0.491 e. The fraction of sp³-hybridized carbons (Fsp3) is 0.350. The molecule has 0 aromatic heterocycles. The molecule has 6 heteroatoms. The van der Waals surface area contributed by atoms with Gasteiger partial charge in [-0.15, -0.1) is 0 Å². The number of benzene rings is 2. The number of nitrogens with one attached hydrogen (secondary N) is 1. The maximum absolute atomic E-state index is 12.3. The van der Waals surface area contributed by atoms with Gasteiger partial charge >= 0.3 is 0 Å². The normalized spacial score (nSPS) is 17.6. The van der Waals surface area contributed by atoms with Crippen LogP contribution in [0.15, 0.2) is 36.4 Å². The molecule has 0 saturated heterocycles. The number of hydrogen-bond acceptors (Lipinski definition) is 5. The predicted octanol–water partition coefficient (Wildman–Crippen LogP) is 3.30. The molecule has 0 aliphatic carbocycles. The second kappa shape index (κ2) is 7.25. The van der Waals surface area contributed by atoms with Crippen LogP contribution in [-0.2, 0) is 9.53 Å². The van der Waals surface area contributed by atoms with Gasteiger partial charge in [0.2, 0.25) is 12.7 Å². The summed E-state index contributed by atoms with van der Waals surface area (Å²) < 4.78 is 22.1. The van der Waals surface area contributed by atoms with E-state index in [4.69, 9.17) is 18.9 Å². The predicted molar refractivity (Wildman–Crippen MR) is 96.1 cm³/mol. The zero-order valence-electron chi connectivity index (χ0n) is 14.6. The number of anilines is 1. The Hall–Kier alpha value is -2.73. The van der Waals surface area contributed by atoms with Crippen LogP contribution in [0.5, 0.6) is 17.2 Å². The van der Waals surface area contributed by atoms with Gasteiger partial charge < -0.3 is 24.3 Å². The van der Waals surface area contributed by atoms with E-state index in [0.29, 0.717) is 32.0 Å². The summed E-state index contributed by atoms with van der Waals surface area (Å²) in [6, 6.07) is 11.6. The molecule has 0 saturated carbocycles. The van der Waals surface area contributed by atoms with Crippen molar-refractivity contribution in [2.45, 2.75) is 19.3 Å². The monoisotopic (exact) mass is 355 g/mol. The fourth-order valence-electron chi connectivity index (χ4n) is 3.40. The third-order valence-electron chi connectivity index (χ3n) is 4.57. The summed E-state index contributed by atoms with van der Waals surface area (Å²) >= 11 is 0. The number of hydrogen-bond donors (Lipinski definition) is 1. The standard InChI is InChI=1S/C20H21NO5/c1-2-23-8-9-24-13-6-7-14-16(11-19(22)21-17(14)10-13)15-4-3-5-18-20(15)26-12-25-18/h3-7,10,16H,2,8-9,11-12H2,1H3,(H,21,22)/t16-/m0/s1. The molecule has 2 aromatic rings. The summed E-state index contributed by atoms with van der Waals surface area (Å²) in [6.07, 6.45) is 0.372. The number of amides is 1. The summed E-state index contributed by atoms with van der Waals surface area (Å²) in [5, 5.41) is 2.95. The lowest BCUT2D eigenvalue weighted by atomic mass is 9.84. The summed E-state index contributed by atoms with van der Waals surface area (Å²) in [4.78, 5) is 12.3. The van der Waals surface area contributed by atoms with Crippen LogP contribution in [0.1, 0.15) is 30.4 Å². The third kappa shape index (κ3) is 3.20. The molecule has 136 valence electrons. The first kappa shape index (κ1) is 16.7. The SMILES string of the molecule is CCOCCOc1ccc2c(c1)NC(=O)C[C@@H]2c1cccc2c1OCO2. The average Bonchev–Trinajstić information content (AvgIpc) is 3.13. The Labute approximate surface area is 152 Å². The van der Waals surface area contributed by atoms with Crippen molar-refractivity contribution in [2.75, 3.05) is 31.9 Å². The van der Waals surface area contributed by atoms with E-state index in [1.165, 1.54) is 0 Å². The van der Waals surface area contributed by atoms with E-state index < -0.39 is 0 Å². The first-order chi connectivity index (χ1) is 12.8. The molecule has 0 bridgehead atoms. The Morgan fingerprint density at radius 3 is 2.96 bits per heavy atom. The number of para-hydroxylation sites is 1. The van der Waals surface area contributed by atoms with Crippen LogP contribution in [-0.4, -0.2) is 32.5 Å². The lowest BCUT2D eigenvalue weighted by Crippen LogP contribution is -2.23. The van der Waals surface area contributed by atoms with Crippen molar-refractivity contribution in [1.82, 2.24) is 0 Å². The van der Waals surface area contributed by atoms with E-state index in [2.05, 4.69) is 5.32 Å². The summed E-state index contributed by atoms with van der Waals surface area (Å²) in [6.45, 7) is 3.84. The molecule has 0 unspecified atom stereocenters. The molecule has 2 aliphatic heterocycles. The maximum atomic E-state index is 12.3. The number of rotatable bonds is 6. The Morgan fingerprint density at radius 2 is 2.08 bits per heavy atom. The molecule has 1 atom stereocenters. The van der Waals surface area contributed by atoms with Crippen molar-refractivity contribution in [3.05, 3.63) is 47.5 Å². The van der Waals surface area contributed by atoms with Gasteiger partial charge in [-0.1, -0.05) is 18.2 Å². The van der Waals surface area contributed by atoms with E-state index in [1.54, 1.807) is 0 Å². The van der Waals surface area contributed by atoms with E-state index in [9.17, 15) is 4.79 Å². The molecule has 1 N–H and O–H groups in total.